The van der Waals surface area contributed by atoms with Crippen molar-refractivity contribution in [2.24, 2.45) is 0 Å². The van der Waals surface area contributed by atoms with Crippen molar-refractivity contribution in [3.63, 3.8) is 0 Å². The van der Waals surface area contributed by atoms with Gasteiger partial charge in [-0.3, -0.25) is 4.79 Å². The van der Waals surface area contributed by atoms with E-state index in [4.69, 9.17) is 5.73 Å². The van der Waals surface area contributed by atoms with E-state index in [0.717, 1.165) is 15.7 Å². The van der Waals surface area contributed by atoms with E-state index >= 15 is 0 Å². The molecule has 3 N–H and O–H groups in total. The minimum atomic E-state index is -0.103. The number of halogens is 1. The van der Waals surface area contributed by atoms with Crippen molar-refractivity contribution < 1.29 is 4.79 Å². The minimum Gasteiger partial charge on any atom is -0.399 e. The van der Waals surface area contributed by atoms with E-state index in [1.807, 2.05) is 24.4 Å². The number of hydrogen-bond donors (Lipinski definition) is 2. The van der Waals surface area contributed by atoms with Crippen LogP contribution < -0.4 is 11.1 Å². The van der Waals surface area contributed by atoms with Crippen LogP contribution in [-0.4, -0.2) is 5.91 Å². The number of benzene rings is 1. The molecule has 5 heteroatoms. The first kappa shape index (κ1) is 12.1. The average Bonchev–Trinajstić information content (AvgIpc) is 2.76. The number of aryl methyl sites for hydroxylation is 1. The van der Waals surface area contributed by atoms with Crippen molar-refractivity contribution >= 4 is 44.5 Å². The van der Waals surface area contributed by atoms with Gasteiger partial charge in [0.15, 0.2) is 0 Å². The fourth-order valence-corrected chi connectivity index (χ4v) is 2.81. The van der Waals surface area contributed by atoms with Crippen LogP contribution in [0.3, 0.4) is 0 Å². The Balaban J connectivity index is 2.28. The Kier molecular flexibility index (Phi) is 3.49. The second-order valence-electron chi connectivity index (χ2n) is 3.63. The number of thiophene rings is 1. The van der Waals surface area contributed by atoms with Gasteiger partial charge in [-0.15, -0.1) is 11.3 Å². The van der Waals surface area contributed by atoms with Gasteiger partial charge in [0.1, 0.15) is 0 Å². The number of nitrogen functional groups attached to an aromatic ring is 1. The smallest absolute Gasteiger partial charge is 0.265 e. The first-order valence-corrected chi connectivity index (χ1v) is 6.65. The van der Waals surface area contributed by atoms with Gasteiger partial charge in [0, 0.05) is 10.2 Å². The summed E-state index contributed by atoms with van der Waals surface area (Å²) < 4.78 is 0.792. The van der Waals surface area contributed by atoms with Gasteiger partial charge in [-0.25, -0.2) is 0 Å². The Morgan fingerprint density at radius 3 is 2.82 bits per heavy atom. The Bertz CT molecular complexity index is 529. The number of nitrogens with two attached hydrogens (primary N) is 1. The molecule has 0 atom stereocenters. The number of anilines is 2. The Hall–Kier alpha value is -1.33. The summed E-state index contributed by atoms with van der Waals surface area (Å²) in [6.45, 7) is 1.91. The SMILES string of the molecule is Cc1cc(N)cc(Br)c1NC(=O)c1cccs1. The zero-order valence-corrected chi connectivity index (χ0v) is 11.6. The molecule has 0 spiro atoms. The highest BCUT2D eigenvalue weighted by atomic mass is 79.9. The van der Waals surface area contributed by atoms with Crippen LogP contribution in [0, 0.1) is 6.92 Å². The summed E-state index contributed by atoms with van der Waals surface area (Å²) in [5, 5.41) is 4.75. The molecule has 0 saturated carbocycles. The minimum absolute atomic E-state index is 0.103. The van der Waals surface area contributed by atoms with E-state index in [2.05, 4.69) is 21.2 Å². The van der Waals surface area contributed by atoms with Crippen LogP contribution >= 0.6 is 27.3 Å². The average molecular weight is 311 g/mol. The van der Waals surface area contributed by atoms with Crippen molar-refractivity contribution in [3.05, 3.63) is 44.6 Å². The maximum absolute atomic E-state index is 11.9. The Morgan fingerprint density at radius 2 is 2.24 bits per heavy atom. The standard InChI is InChI=1S/C12H11BrN2OS/c1-7-5-8(14)6-9(13)11(7)15-12(16)10-3-2-4-17-10/h2-6H,14H2,1H3,(H,15,16). The highest BCUT2D eigenvalue weighted by molar-refractivity contribution is 9.10. The maximum Gasteiger partial charge on any atom is 0.265 e. The molecule has 0 aliphatic rings. The van der Waals surface area contributed by atoms with Gasteiger partial charge in [0.2, 0.25) is 0 Å². The first-order chi connectivity index (χ1) is 8.08. The molecule has 1 heterocycles. The third-order valence-electron chi connectivity index (χ3n) is 2.29. The molecular weight excluding hydrogens is 300 g/mol. The zero-order valence-electron chi connectivity index (χ0n) is 9.16. The van der Waals surface area contributed by atoms with Gasteiger partial charge in [-0.2, -0.15) is 0 Å². The van der Waals surface area contributed by atoms with Gasteiger partial charge in [-0.05, 0) is 52.0 Å². The lowest BCUT2D eigenvalue weighted by Gasteiger charge is -2.10. The predicted octanol–water partition coefficient (Wildman–Crippen LogP) is 3.65. The topological polar surface area (TPSA) is 55.1 Å². The largest absolute Gasteiger partial charge is 0.399 e. The van der Waals surface area contributed by atoms with Crippen LogP contribution in [0.25, 0.3) is 0 Å². The first-order valence-electron chi connectivity index (χ1n) is 4.98. The lowest BCUT2D eigenvalue weighted by Crippen LogP contribution is -2.11. The Labute approximate surface area is 112 Å². The van der Waals surface area contributed by atoms with Crippen LogP contribution in [0.1, 0.15) is 15.2 Å². The van der Waals surface area contributed by atoms with Gasteiger partial charge in [0.25, 0.3) is 5.91 Å². The third-order valence-corrected chi connectivity index (χ3v) is 3.79. The van der Waals surface area contributed by atoms with Gasteiger partial charge < -0.3 is 11.1 Å². The summed E-state index contributed by atoms with van der Waals surface area (Å²) in [6, 6.07) is 7.25. The van der Waals surface area contributed by atoms with E-state index < -0.39 is 0 Å². The predicted molar refractivity (Wildman–Crippen MR) is 75.6 cm³/mol. The molecule has 0 aliphatic heterocycles. The van der Waals surface area contributed by atoms with E-state index in [1.165, 1.54) is 11.3 Å². The molecule has 0 saturated heterocycles. The fraction of sp³-hybridized carbons (Fsp3) is 0.0833. The monoisotopic (exact) mass is 310 g/mol. The molecule has 2 rings (SSSR count). The normalized spacial score (nSPS) is 10.2. The molecule has 2 aromatic rings. The molecule has 1 amide bonds. The fourth-order valence-electron chi connectivity index (χ4n) is 1.51. The quantitative estimate of drug-likeness (QED) is 0.832. The molecule has 0 radical (unpaired) electrons. The molecule has 0 aliphatic carbocycles. The summed E-state index contributed by atoms with van der Waals surface area (Å²) in [4.78, 5) is 12.6. The van der Waals surface area contributed by atoms with Crippen molar-refractivity contribution in [2.45, 2.75) is 6.92 Å². The summed E-state index contributed by atoms with van der Waals surface area (Å²) >= 11 is 4.81. The molecule has 88 valence electrons. The third kappa shape index (κ3) is 2.68. The second-order valence-corrected chi connectivity index (χ2v) is 5.43. The second kappa shape index (κ2) is 4.89. The van der Waals surface area contributed by atoms with Crippen LogP contribution in [0.2, 0.25) is 0 Å². The molecular formula is C12H11BrN2OS. The van der Waals surface area contributed by atoms with Crippen molar-refractivity contribution in [1.82, 2.24) is 0 Å². The highest BCUT2D eigenvalue weighted by Crippen LogP contribution is 2.29. The number of rotatable bonds is 2. The molecule has 17 heavy (non-hydrogen) atoms. The molecule has 0 bridgehead atoms. The summed E-state index contributed by atoms with van der Waals surface area (Å²) in [7, 11) is 0. The number of hydrogen-bond acceptors (Lipinski definition) is 3. The van der Waals surface area contributed by atoms with Crippen molar-refractivity contribution in [2.75, 3.05) is 11.1 Å². The zero-order chi connectivity index (χ0) is 12.4. The van der Waals surface area contributed by atoms with E-state index in [0.29, 0.717) is 10.6 Å². The van der Waals surface area contributed by atoms with Crippen molar-refractivity contribution in [3.8, 4) is 0 Å². The molecule has 0 unspecified atom stereocenters. The lowest BCUT2D eigenvalue weighted by atomic mass is 10.2. The molecule has 0 fully saturated rings. The van der Waals surface area contributed by atoms with Gasteiger partial charge in [0.05, 0.1) is 10.6 Å². The summed E-state index contributed by atoms with van der Waals surface area (Å²) in [5.41, 5.74) is 8.08. The van der Waals surface area contributed by atoms with Crippen LogP contribution in [-0.2, 0) is 0 Å². The number of carbonyl (C=O) groups excluding carboxylic acids is 1. The van der Waals surface area contributed by atoms with Gasteiger partial charge >= 0.3 is 0 Å². The van der Waals surface area contributed by atoms with Crippen LogP contribution in [0.15, 0.2) is 34.1 Å². The van der Waals surface area contributed by atoms with E-state index in [1.54, 1.807) is 12.1 Å². The lowest BCUT2D eigenvalue weighted by molar-refractivity contribution is 0.103. The molecule has 3 nitrogen and oxygen atoms in total. The number of amides is 1. The number of carbonyl (C=O) groups is 1. The molecule has 1 aromatic carbocycles. The van der Waals surface area contributed by atoms with Crippen LogP contribution in [0.5, 0.6) is 0 Å². The molecule has 1 aromatic heterocycles. The Morgan fingerprint density at radius 1 is 1.47 bits per heavy atom. The van der Waals surface area contributed by atoms with Crippen LogP contribution in [0.4, 0.5) is 11.4 Å². The van der Waals surface area contributed by atoms with Gasteiger partial charge in [-0.1, -0.05) is 6.07 Å². The maximum atomic E-state index is 11.9. The number of nitrogens with one attached hydrogen (secondary N) is 1. The van der Waals surface area contributed by atoms with E-state index in [9.17, 15) is 4.79 Å². The highest BCUT2D eigenvalue weighted by Gasteiger charge is 2.11. The summed E-state index contributed by atoms with van der Waals surface area (Å²) in [5.74, 6) is -0.103. The van der Waals surface area contributed by atoms with Crippen molar-refractivity contribution in [1.29, 1.82) is 0 Å². The van der Waals surface area contributed by atoms with E-state index in [-0.39, 0.29) is 5.91 Å². The summed E-state index contributed by atoms with van der Waals surface area (Å²) in [6.07, 6.45) is 0.